The second-order valence-electron chi connectivity index (χ2n) is 0.0833. The Labute approximate surface area is 60.0 Å². The first-order valence-corrected chi connectivity index (χ1v) is 1.22. The van der Waals surface area contributed by atoms with Crippen molar-refractivity contribution in [3.63, 3.8) is 0 Å². The first kappa shape index (κ1) is 16.5. The molecule has 0 saturated heterocycles. The third kappa shape index (κ3) is 40.2. The SMILES string of the molecule is O=[Si]=O.[Cl-].[Na+]. The van der Waals surface area contributed by atoms with Crippen molar-refractivity contribution in [2.24, 2.45) is 0 Å². The van der Waals surface area contributed by atoms with E-state index in [1.807, 2.05) is 0 Å². The van der Waals surface area contributed by atoms with Crippen LogP contribution in [-0.2, 0) is 8.92 Å². The van der Waals surface area contributed by atoms with Crippen LogP contribution >= 0.6 is 0 Å². The van der Waals surface area contributed by atoms with Crippen LogP contribution in [0.5, 0.6) is 0 Å². The Morgan fingerprint density at radius 3 is 1.20 bits per heavy atom. The Kier molecular flexibility index (Phi) is 64.0. The van der Waals surface area contributed by atoms with Gasteiger partial charge in [0.1, 0.15) is 0 Å². The summed E-state index contributed by atoms with van der Waals surface area (Å²) in [6.07, 6.45) is 0. The fourth-order valence-corrected chi connectivity index (χ4v) is 0. The molecule has 0 aromatic carbocycles. The van der Waals surface area contributed by atoms with Gasteiger partial charge in [-0.3, -0.25) is 8.92 Å². The standard InChI is InChI=1S/ClH.Na.O2Si/c;;1-3-2/h1H;;/q;+1;/p-1. The summed E-state index contributed by atoms with van der Waals surface area (Å²) < 4.78 is 16.8. The van der Waals surface area contributed by atoms with Gasteiger partial charge < -0.3 is 12.4 Å². The minimum absolute atomic E-state index is 0. The Bertz CT molecular complexity index is 30.6. The van der Waals surface area contributed by atoms with Gasteiger partial charge in [-0.25, -0.2) is 0 Å². The molecule has 0 amide bonds. The van der Waals surface area contributed by atoms with Gasteiger partial charge in [0.2, 0.25) is 0 Å². The average molecular weight is 119 g/mol. The van der Waals surface area contributed by atoms with Crippen LogP contribution in [0.25, 0.3) is 0 Å². The smallest absolute Gasteiger partial charge is 1.00 e. The van der Waals surface area contributed by atoms with Crippen LogP contribution in [0.2, 0.25) is 0 Å². The quantitative estimate of drug-likeness (QED) is 0.297. The van der Waals surface area contributed by atoms with Crippen molar-refractivity contribution < 1.29 is 50.9 Å². The van der Waals surface area contributed by atoms with Crippen LogP contribution in [0.3, 0.4) is 0 Å². The van der Waals surface area contributed by atoms with Gasteiger partial charge in [-0.1, -0.05) is 0 Å². The summed E-state index contributed by atoms with van der Waals surface area (Å²) in [5.74, 6) is 0. The van der Waals surface area contributed by atoms with Gasteiger partial charge in [0.05, 0.1) is 0 Å². The second-order valence-corrected chi connectivity index (χ2v) is 0.250. The van der Waals surface area contributed by atoms with Crippen LogP contribution in [0, 0.1) is 0 Å². The van der Waals surface area contributed by atoms with Crippen molar-refractivity contribution in [2.75, 3.05) is 0 Å². The summed E-state index contributed by atoms with van der Waals surface area (Å²) in [4.78, 5) is 0. The number of halogens is 1. The van der Waals surface area contributed by atoms with Crippen LogP contribution in [0.4, 0.5) is 0 Å². The Morgan fingerprint density at radius 2 is 1.20 bits per heavy atom. The molecule has 0 rings (SSSR count). The van der Waals surface area contributed by atoms with E-state index in [0.717, 1.165) is 0 Å². The van der Waals surface area contributed by atoms with E-state index in [1.165, 1.54) is 0 Å². The van der Waals surface area contributed by atoms with Gasteiger partial charge in [0.15, 0.2) is 0 Å². The molecule has 0 aliphatic rings. The first-order chi connectivity index (χ1) is 1.41. The Morgan fingerprint density at radius 1 is 1.20 bits per heavy atom. The largest absolute Gasteiger partial charge is 1.00 e. The molecule has 0 aliphatic carbocycles. The van der Waals surface area contributed by atoms with Crippen LogP contribution in [-0.4, -0.2) is 9.29 Å². The zero-order valence-corrected chi connectivity index (χ0v) is 6.45. The predicted octanol–water partition coefficient (Wildman–Crippen LogP) is -6.61. The molecule has 0 bridgehead atoms. The van der Waals surface area contributed by atoms with Crippen LogP contribution < -0.4 is 42.0 Å². The summed E-state index contributed by atoms with van der Waals surface area (Å²) in [7, 11) is -1.42. The van der Waals surface area contributed by atoms with Gasteiger partial charge in [-0.15, -0.1) is 0 Å². The molecule has 0 N–H and O–H groups in total. The molecule has 0 aromatic rings. The predicted molar refractivity (Wildman–Crippen MR) is 7.13 cm³/mol. The Hall–Kier alpha value is 1.11. The van der Waals surface area contributed by atoms with Gasteiger partial charge in [0.25, 0.3) is 0 Å². The monoisotopic (exact) mass is 118 g/mol. The summed E-state index contributed by atoms with van der Waals surface area (Å²) in [6.45, 7) is 0. The fraction of sp³-hybridized carbons (Fsp3) is 0. The van der Waals surface area contributed by atoms with E-state index in [4.69, 9.17) is 8.92 Å². The summed E-state index contributed by atoms with van der Waals surface area (Å²) in [6, 6.07) is 0. The molecule has 0 aliphatic heterocycles. The van der Waals surface area contributed by atoms with E-state index in [1.54, 1.807) is 0 Å². The Balaban J connectivity index is -0.0000000200. The molecule has 0 radical (unpaired) electrons. The van der Waals surface area contributed by atoms with Crippen LogP contribution in [0.1, 0.15) is 0 Å². The topological polar surface area (TPSA) is 34.1 Å². The minimum Gasteiger partial charge on any atom is -1.00 e. The normalized spacial score (nSPS) is 1.60. The second kappa shape index (κ2) is 19.4. The third-order valence-corrected chi connectivity index (χ3v) is 0. The maximum Gasteiger partial charge on any atom is 1.00 e. The number of rotatable bonds is 0. The molecule has 5 heavy (non-hydrogen) atoms. The van der Waals surface area contributed by atoms with Crippen molar-refractivity contribution in [2.45, 2.75) is 0 Å². The molecule has 0 saturated carbocycles. The third-order valence-electron chi connectivity index (χ3n) is 0. The zero-order valence-electron chi connectivity index (χ0n) is 2.69. The molecule has 0 heterocycles. The van der Waals surface area contributed by atoms with Gasteiger partial charge >= 0.3 is 38.8 Å². The van der Waals surface area contributed by atoms with Gasteiger partial charge in [-0.05, 0) is 0 Å². The molecule has 0 aromatic heterocycles. The molecule has 0 atom stereocenters. The average Bonchev–Trinajstić information content (AvgIpc) is 0.918. The van der Waals surface area contributed by atoms with Crippen molar-refractivity contribution in [3.05, 3.63) is 0 Å². The molecule has 5 heteroatoms. The molecule has 0 fully saturated rings. The maximum absolute atomic E-state index is 8.40. The van der Waals surface area contributed by atoms with Crippen molar-refractivity contribution in [1.82, 2.24) is 0 Å². The van der Waals surface area contributed by atoms with E-state index in [9.17, 15) is 0 Å². The van der Waals surface area contributed by atoms with Crippen molar-refractivity contribution in [3.8, 4) is 0 Å². The maximum atomic E-state index is 8.40. The van der Waals surface area contributed by atoms with Gasteiger partial charge in [0, 0.05) is 0 Å². The minimum atomic E-state index is -1.42. The van der Waals surface area contributed by atoms with E-state index < -0.39 is 9.29 Å². The van der Waals surface area contributed by atoms with Crippen molar-refractivity contribution in [1.29, 1.82) is 0 Å². The van der Waals surface area contributed by atoms with E-state index in [-0.39, 0.29) is 42.0 Å². The molecular formula is ClNaO2Si. The summed E-state index contributed by atoms with van der Waals surface area (Å²) in [5, 5.41) is 0. The summed E-state index contributed by atoms with van der Waals surface area (Å²) in [5.41, 5.74) is 0. The molecule has 0 spiro atoms. The molecular weight excluding hydrogens is 119 g/mol. The zero-order chi connectivity index (χ0) is 2.71. The van der Waals surface area contributed by atoms with Crippen molar-refractivity contribution >= 4 is 9.29 Å². The number of hydrogen-bond acceptors (Lipinski definition) is 2. The first-order valence-electron chi connectivity index (χ1n) is 0.408. The summed E-state index contributed by atoms with van der Waals surface area (Å²) >= 11 is 0. The van der Waals surface area contributed by atoms with E-state index in [0.29, 0.717) is 0 Å². The van der Waals surface area contributed by atoms with E-state index in [2.05, 4.69) is 0 Å². The number of hydrogen-bond donors (Lipinski definition) is 0. The molecule has 0 unspecified atom stereocenters. The fourth-order valence-electron chi connectivity index (χ4n) is 0. The molecule has 24 valence electrons. The van der Waals surface area contributed by atoms with Gasteiger partial charge in [-0.2, -0.15) is 0 Å². The van der Waals surface area contributed by atoms with Crippen LogP contribution in [0.15, 0.2) is 0 Å². The molecule has 2 nitrogen and oxygen atoms in total. The van der Waals surface area contributed by atoms with E-state index >= 15 is 0 Å².